The minimum atomic E-state index is -0.0487. The molecule has 0 aliphatic carbocycles. The van der Waals surface area contributed by atoms with Gasteiger partial charge in [-0.25, -0.2) is 0 Å². The van der Waals surface area contributed by atoms with E-state index < -0.39 is 0 Å². The summed E-state index contributed by atoms with van der Waals surface area (Å²) >= 11 is 0. The Bertz CT molecular complexity index is 452. The van der Waals surface area contributed by atoms with Crippen LogP contribution in [0.25, 0.3) is 0 Å². The van der Waals surface area contributed by atoms with Crippen LogP contribution in [0, 0.1) is 5.41 Å². The molecular weight excluding hydrogens is 280 g/mol. The van der Waals surface area contributed by atoms with Crippen molar-refractivity contribution >= 4 is 11.6 Å². The lowest BCUT2D eigenvalue weighted by Gasteiger charge is -2.29. The smallest absolute Gasteiger partial charge is 0.238 e. The highest BCUT2D eigenvalue weighted by atomic mass is 16.5. The third kappa shape index (κ3) is 7.43. The Labute approximate surface area is 133 Å². The first kappa shape index (κ1) is 18.5. The van der Waals surface area contributed by atoms with Crippen molar-refractivity contribution in [1.82, 2.24) is 4.90 Å². The SMILES string of the molecule is COc1ccc(NC(=O)CN(CCCO)CC(C)(C)C)cc1. The van der Waals surface area contributed by atoms with Crippen LogP contribution in [0.4, 0.5) is 5.69 Å². The molecular formula is C17H28N2O3. The van der Waals surface area contributed by atoms with Crippen LogP contribution in [-0.4, -0.2) is 49.3 Å². The van der Waals surface area contributed by atoms with Gasteiger partial charge >= 0.3 is 0 Å². The van der Waals surface area contributed by atoms with Crippen LogP contribution < -0.4 is 10.1 Å². The van der Waals surface area contributed by atoms with Crippen LogP contribution >= 0.6 is 0 Å². The zero-order valence-corrected chi connectivity index (χ0v) is 14.1. The third-order valence-corrected chi connectivity index (χ3v) is 3.07. The molecule has 2 N–H and O–H groups in total. The van der Waals surface area contributed by atoms with Crippen molar-refractivity contribution in [2.45, 2.75) is 27.2 Å². The molecule has 5 heteroatoms. The highest BCUT2D eigenvalue weighted by Gasteiger charge is 2.18. The van der Waals surface area contributed by atoms with Crippen molar-refractivity contribution in [3.63, 3.8) is 0 Å². The number of aliphatic hydroxyl groups is 1. The number of carbonyl (C=O) groups is 1. The summed E-state index contributed by atoms with van der Waals surface area (Å²) in [5.41, 5.74) is 0.860. The molecule has 0 unspecified atom stereocenters. The van der Waals surface area contributed by atoms with Crippen molar-refractivity contribution in [2.75, 3.05) is 38.7 Å². The van der Waals surface area contributed by atoms with E-state index in [1.807, 2.05) is 24.3 Å². The van der Waals surface area contributed by atoms with E-state index in [1.165, 1.54) is 0 Å². The van der Waals surface area contributed by atoms with E-state index in [2.05, 4.69) is 31.0 Å². The maximum absolute atomic E-state index is 12.2. The molecule has 1 amide bonds. The summed E-state index contributed by atoms with van der Waals surface area (Å²) in [6, 6.07) is 7.26. The maximum atomic E-state index is 12.2. The Kier molecular flexibility index (Phi) is 7.35. The van der Waals surface area contributed by atoms with Gasteiger partial charge in [0.1, 0.15) is 5.75 Å². The Morgan fingerprint density at radius 3 is 2.41 bits per heavy atom. The molecule has 1 aromatic rings. The van der Waals surface area contributed by atoms with Crippen molar-refractivity contribution in [3.05, 3.63) is 24.3 Å². The Hall–Kier alpha value is -1.59. The highest BCUT2D eigenvalue weighted by molar-refractivity contribution is 5.92. The predicted molar refractivity (Wildman–Crippen MR) is 89.2 cm³/mol. The van der Waals surface area contributed by atoms with Gasteiger partial charge in [0.05, 0.1) is 13.7 Å². The molecule has 0 aliphatic heterocycles. The first-order chi connectivity index (χ1) is 10.3. The van der Waals surface area contributed by atoms with Gasteiger partial charge in [-0.05, 0) is 36.1 Å². The fourth-order valence-corrected chi connectivity index (χ4v) is 2.26. The summed E-state index contributed by atoms with van der Waals surface area (Å²) < 4.78 is 5.09. The van der Waals surface area contributed by atoms with Crippen LogP contribution in [0.5, 0.6) is 5.75 Å². The van der Waals surface area contributed by atoms with E-state index in [-0.39, 0.29) is 17.9 Å². The average molecular weight is 308 g/mol. The number of ether oxygens (including phenoxy) is 1. The molecule has 124 valence electrons. The van der Waals surface area contributed by atoms with Gasteiger partial charge in [-0.2, -0.15) is 0 Å². The van der Waals surface area contributed by atoms with Gasteiger partial charge in [0.15, 0.2) is 0 Å². The topological polar surface area (TPSA) is 61.8 Å². The van der Waals surface area contributed by atoms with Gasteiger partial charge in [0.25, 0.3) is 0 Å². The van der Waals surface area contributed by atoms with Crippen molar-refractivity contribution in [1.29, 1.82) is 0 Å². The molecule has 0 bridgehead atoms. The number of carbonyl (C=O) groups excluding carboxylic acids is 1. The lowest BCUT2D eigenvalue weighted by Crippen LogP contribution is -2.39. The van der Waals surface area contributed by atoms with E-state index in [9.17, 15) is 4.79 Å². The maximum Gasteiger partial charge on any atom is 0.238 e. The Balaban J connectivity index is 2.57. The van der Waals surface area contributed by atoms with E-state index in [0.717, 1.165) is 18.0 Å². The first-order valence-corrected chi connectivity index (χ1v) is 7.61. The lowest BCUT2D eigenvalue weighted by atomic mass is 9.96. The van der Waals surface area contributed by atoms with E-state index >= 15 is 0 Å². The minimum Gasteiger partial charge on any atom is -0.497 e. The van der Waals surface area contributed by atoms with Crippen LogP contribution in [0.3, 0.4) is 0 Å². The standard InChI is InChI=1S/C17H28N2O3/c1-17(2,3)13-19(10-5-11-20)12-16(21)18-14-6-8-15(22-4)9-7-14/h6-9,20H,5,10-13H2,1-4H3,(H,18,21). The average Bonchev–Trinajstić information content (AvgIpc) is 2.44. The summed E-state index contributed by atoms with van der Waals surface area (Å²) in [4.78, 5) is 14.3. The van der Waals surface area contributed by atoms with Gasteiger partial charge in [-0.1, -0.05) is 20.8 Å². The molecule has 0 saturated heterocycles. The normalized spacial score (nSPS) is 11.5. The lowest BCUT2D eigenvalue weighted by molar-refractivity contribution is -0.117. The second kappa shape index (κ2) is 8.76. The molecule has 1 aromatic carbocycles. The van der Waals surface area contributed by atoms with E-state index in [1.54, 1.807) is 7.11 Å². The third-order valence-electron chi connectivity index (χ3n) is 3.07. The summed E-state index contributed by atoms with van der Waals surface area (Å²) in [6.45, 7) is 8.40. The largest absolute Gasteiger partial charge is 0.497 e. The molecule has 0 spiro atoms. The van der Waals surface area contributed by atoms with Crippen molar-refractivity contribution in [2.24, 2.45) is 5.41 Å². The van der Waals surface area contributed by atoms with Crippen LogP contribution in [0.1, 0.15) is 27.2 Å². The van der Waals surface area contributed by atoms with Gasteiger partial charge < -0.3 is 15.2 Å². The van der Waals surface area contributed by atoms with Crippen LogP contribution in [0.15, 0.2) is 24.3 Å². The number of hydrogen-bond donors (Lipinski definition) is 2. The predicted octanol–water partition coefficient (Wildman–Crippen LogP) is 2.36. The molecule has 0 fully saturated rings. The van der Waals surface area contributed by atoms with Crippen molar-refractivity contribution in [3.8, 4) is 5.75 Å². The number of aliphatic hydroxyl groups excluding tert-OH is 1. The monoisotopic (exact) mass is 308 g/mol. The number of amides is 1. The first-order valence-electron chi connectivity index (χ1n) is 7.61. The van der Waals surface area contributed by atoms with E-state index in [0.29, 0.717) is 19.5 Å². The molecule has 0 aliphatic rings. The molecule has 0 aromatic heterocycles. The van der Waals surface area contributed by atoms with Crippen molar-refractivity contribution < 1.29 is 14.6 Å². The quantitative estimate of drug-likeness (QED) is 0.774. The Morgan fingerprint density at radius 2 is 1.91 bits per heavy atom. The number of anilines is 1. The number of rotatable bonds is 8. The Morgan fingerprint density at radius 1 is 1.27 bits per heavy atom. The molecule has 0 saturated carbocycles. The zero-order chi connectivity index (χ0) is 16.6. The molecule has 1 rings (SSSR count). The second-order valence-corrected chi connectivity index (χ2v) is 6.63. The zero-order valence-electron chi connectivity index (χ0n) is 14.1. The van der Waals surface area contributed by atoms with E-state index in [4.69, 9.17) is 9.84 Å². The van der Waals surface area contributed by atoms with Crippen LogP contribution in [-0.2, 0) is 4.79 Å². The molecule has 0 heterocycles. The number of hydrogen-bond acceptors (Lipinski definition) is 4. The number of methoxy groups -OCH3 is 1. The minimum absolute atomic E-state index is 0.0487. The number of nitrogens with one attached hydrogen (secondary N) is 1. The summed E-state index contributed by atoms with van der Waals surface area (Å²) in [5.74, 6) is 0.711. The molecule has 22 heavy (non-hydrogen) atoms. The van der Waals surface area contributed by atoms with Gasteiger partial charge in [-0.3, -0.25) is 9.69 Å². The fourth-order valence-electron chi connectivity index (χ4n) is 2.26. The second-order valence-electron chi connectivity index (χ2n) is 6.63. The summed E-state index contributed by atoms with van der Waals surface area (Å²) in [5, 5.41) is 11.9. The van der Waals surface area contributed by atoms with Gasteiger partial charge in [0, 0.05) is 25.4 Å². The number of benzene rings is 1. The highest BCUT2D eigenvalue weighted by Crippen LogP contribution is 2.17. The molecule has 0 radical (unpaired) electrons. The summed E-state index contributed by atoms with van der Waals surface area (Å²) in [7, 11) is 1.61. The fraction of sp³-hybridized carbons (Fsp3) is 0.588. The summed E-state index contributed by atoms with van der Waals surface area (Å²) in [6.07, 6.45) is 0.673. The molecule has 0 atom stereocenters. The van der Waals surface area contributed by atoms with Gasteiger partial charge in [0.2, 0.25) is 5.91 Å². The van der Waals surface area contributed by atoms with Crippen LogP contribution in [0.2, 0.25) is 0 Å². The van der Waals surface area contributed by atoms with Gasteiger partial charge in [-0.15, -0.1) is 0 Å². The molecule has 5 nitrogen and oxygen atoms in total. The number of nitrogens with zero attached hydrogens (tertiary/aromatic N) is 1.